The van der Waals surface area contributed by atoms with Crippen LogP contribution in [0.4, 0.5) is 0 Å². The maximum Gasteiger partial charge on any atom is 0.265 e. The second-order valence-corrected chi connectivity index (χ2v) is 4.39. The van der Waals surface area contributed by atoms with E-state index in [4.69, 9.17) is 9.84 Å². The molecule has 0 atom stereocenters. The minimum Gasteiger partial charge on any atom is -0.436 e. The second kappa shape index (κ2) is 5.26. The van der Waals surface area contributed by atoms with E-state index in [0.717, 1.165) is 11.4 Å². The fraction of sp³-hybridized carbons (Fsp3) is 0.214. The molecule has 0 fully saturated rings. The molecule has 2 aromatic heterocycles. The highest BCUT2D eigenvalue weighted by Crippen LogP contribution is 2.23. The summed E-state index contributed by atoms with van der Waals surface area (Å²) in [6, 6.07) is 7.53. The van der Waals surface area contributed by atoms with Gasteiger partial charge in [0.15, 0.2) is 0 Å². The molecule has 0 aliphatic carbocycles. The van der Waals surface area contributed by atoms with Crippen LogP contribution in [0.15, 0.2) is 36.7 Å². The van der Waals surface area contributed by atoms with E-state index in [1.165, 1.54) is 0 Å². The smallest absolute Gasteiger partial charge is 0.265 e. The minimum atomic E-state index is 0.139. The van der Waals surface area contributed by atoms with Crippen molar-refractivity contribution >= 4 is 5.65 Å². The molecule has 0 unspecified atom stereocenters. The number of hydrogen-bond acceptors (Lipinski definition) is 5. The van der Waals surface area contributed by atoms with E-state index in [1.54, 1.807) is 12.4 Å². The van der Waals surface area contributed by atoms with Crippen LogP contribution in [0.5, 0.6) is 11.6 Å². The van der Waals surface area contributed by atoms with Gasteiger partial charge in [-0.1, -0.05) is 12.1 Å². The van der Waals surface area contributed by atoms with Gasteiger partial charge in [-0.2, -0.15) is 0 Å². The maximum absolute atomic E-state index is 8.89. The van der Waals surface area contributed by atoms with Crippen molar-refractivity contribution in [2.75, 3.05) is 6.61 Å². The average Bonchev–Trinajstić information content (AvgIpc) is 2.84. The first-order chi connectivity index (χ1) is 9.78. The fourth-order valence-corrected chi connectivity index (χ4v) is 1.96. The molecule has 2 heterocycles. The molecule has 0 saturated heterocycles. The summed E-state index contributed by atoms with van der Waals surface area (Å²) >= 11 is 0. The maximum atomic E-state index is 8.89. The number of hydrogen-bond donors (Lipinski definition) is 1. The number of rotatable bonds is 4. The molecule has 6 nitrogen and oxygen atoms in total. The third-order valence-electron chi connectivity index (χ3n) is 3.00. The molecule has 20 heavy (non-hydrogen) atoms. The van der Waals surface area contributed by atoms with Crippen LogP contribution in [0.3, 0.4) is 0 Å². The number of aromatic nitrogens is 4. The lowest BCUT2D eigenvalue weighted by atomic mass is 10.1. The monoisotopic (exact) mass is 270 g/mol. The van der Waals surface area contributed by atoms with Crippen LogP contribution in [-0.4, -0.2) is 31.3 Å². The van der Waals surface area contributed by atoms with Gasteiger partial charge in [-0.3, -0.25) is 4.40 Å². The summed E-state index contributed by atoms with van der Waals surface area (Å²) in [5, 5.41) is 16.9. The average molecular weight is 270 g/mol. The van der Waals surface area contributed by atoms with E-state index >= 15 is 0 Å². The molecule has 0 spiro atoms. The molecule has 0 saturated carbocycles. The van der Waals surface area contributed by atoms with Gasteiger partial charge < -0.3 is 9.84 Å². The van der Waals surface area contributed by atoms with Gasteiger partial charge in [0.05, 0.1) is 0 Å². The topological polar surface area (TPSA) is 72.5 Å². The number of ether oxygens (including phenoxy) is 1. The Morgan fingerprint density at radius 2 is 2.00 bits per heavy atom. The van der Waals surface area contributed by atoms with Crippen LogP contribution in [-0.2, 0) is 6.42 Å². The lowest BCUT2D eigenvalue weighted by Crippen LogP contribution is -1.95. The molecule has 0 radical (unpaired) electrons. The molecule has 3 aromatic rings. The standard InChI is InChI=1S/C14H14N4O2/c1-10-16-17-13-14(15-7-8-18(10)13)20-12-4-2-11(3-5-12)6-9-19/h2-5,7-8,19H,6,9H2,1H3. The second-order valence-electron chi connectivity index (χ2n) is 4.39. The van der Waals surface area contributed by atoms with E-state index in [1.807, 2.05) is 35.6 Å². The third kappa shape index (κ3) is 2.33. The molecular formula is C14H14N4O2. The van der Waals surface area contributed by atoms with Gasteiger partial charge in [-0.15, -0.1) is 10.2 Å². The van der Waals surface area contributed by atoms with Crippen molar-refractivity contribution in [3.8, 4) is 11.6 Å². The lowest BCUT2D eigenvalue weighted by molar-refractivity contribution is 0.299. The zero-order chi connectivity index (χ0) is 13.9. The van der Waals surface area contributed by atoms with Crippen molar-refractivity contribution in [3.63, 3.8) is 0 Å². The first-order valence-electron chi connectivity index (χ1n) is 6.32. The van der Waals surface area contributed by atoms with E-state index in [-0.39, 0.29) is 6.61 Å². The molecule has 0 aliphatic heterocycles. The summed E-state index contributed by atoms with van der Waals surface area (Å²) in [7, 11) is 0. The highest BCUT2D eigenvalue weighted by atomic mass is 16.5. The normalized spacial score (nSPS) is 10.9. The van der Waals surface area contributed by atoms with Crippen molar-refractivity contribution in [2.24, 2.45) is 0 Å². The van der Waals surface area contributed by atoms with Gasteiger partial charge in [0.2, 0.25) is 5.65 Å². The minimum absolute atomic E-state index is 0.139. The Labute approximate surface area is 115 Å². The molecule has 0 aliphatic rings. The van der Waals surface area contributed by atoms with Crippen LogP contribution in [0.25, 0.3) is 5.65 Å². The Morgan fingerprint density at radius 3 is 2.75 bits per heavy atom. The largest absolute Gasteiger partial charge is 0.436 e. The number of aliphatic hydroxyl groups excluding tert-OH is 1. The summed E-state index contributed by atoms with van der Waals surface area (Å²) in [6.07, 6.45) is 4.08. The summed E-state index contributed by atoms with van der Waals surface area (Å²) in [5.41, 5.74) is 1.65. The summed E-state index contributed by atoms with van der Waals surface area (Å²) in [4.78, 5) is 4.19. The van der Waals surface area contributed by atoms with Gasteiger partial charge in [0.1, 0.15) is 11.6 Å². The number of fused-ring (bicyclic) bond motifs is 1. The van der Waals surface area contributed by atoms with Gasteiger partial charge in [0.25, 0.3) is 5.88 Å². The van der Waals surface area contributed by atoms with E-state index < -0.39 is 0 Å². The summed E-state index contributed by atoms with van der Waals surface area (Å²) in [6.45, 7) is 2.01. The molecular weight excluding hydrogens is 256 g/mol. The lowest BCUT2D eigenvalue weighted by Gasteiger charge is -2.06. The highest BCUT2D eigenvalue weighted by Gasteiger charge is 2.09. The Hall–Kier alpha value is -2.47. The SMILES string of the molecule is Cc1nnc2c(Oc3ccc(CCO)cc3)nccn12. The Balaban J connectivity index is 1.89. The van der Waals surface area contributed by atoms with Crippen LogP contribution in [0, 0.1) is 6.92 Å². The zero-order valence-corrected chi connectivity index (χ0v) is 11.0. The van der Waals surface area contributed by atoms with Crippen LogP contribution < -0.4 is 4.74 Å². The van der Waals surface area contributed by atoms with Gasteiger partial charge in [-0.05, 0) is 31.0 Å². The van der Waals surface area contributed by atoms with Crippen molar-refractivity contribution in [2.45, 2.75) is 13.3 Å². The van der Waals surface area contributed by atoms with Gasteiger partial charge in [-0.25, -0.2) is 4.98 Å². The van der Waals surface area contributed by atoms with Crippen LogP contribution in [0.1, 0.15) is 11.4 Å². The number of aliphatic hydroxyl groups is 1. The Morgan fingerprint density at radius 1 is 1.20 bits per heavy atom. The quantitative estimate of drug-likeness (QED) is 0.782. The number of benzene rings is 1. The molecule has 1 aromatic carbocycles. The third-order valence-corrected chi connectivity index (χ3v) is 3.00. The van der Waals surface area contributed by atoms with Crippen molar-refractivity contribution in [1.82, 2.24) is 19.6 Å². The van der Waals surface area contributed by atoms with E-state index in [9.17, 15) is 0 Å². The Kier molecular flexibility index (Phi) is 3.30. The summed E-state index contributed by atoms with van der Waals surface area (Å²) in [5.74, 6) is 1.88. The van der Waals surface area contributed by atoms with Crippen molar-refractivity contribution in [3.05, 3.63) is 48.0 Å². The summed E-state index contributed by atoms with van der Waals surface area (Å²) < 4.78 is 7.56. The van der Waals surface area contributed by atoms with Gasteiger partial charge >= 0.3 is 0 Å². The first-order valence-corrected chi connectivity index (χ1v) is 6.32. The van der Waals surface area contributed by atoms with Gasteiger partial charge in [0, 0.05) is 19.0 Å². The molecule has 3 rings (SSSR count). The predicted molar refractivity (Wildman–Crippen MR) is 72.8 cm³/mol. The Bertz CT molecular complexity index is 722. The van der Waals surface area contributed by atoms with Crippen LogP contribution >= 0.6 is 0 Å². The molecule has 0 bridgehead atoms. The highest BCUT2D eigenvalue weighted by molar-refractivity contribution is 5.50. The zero-order valence-electron chi connectivity index (χ0n) is 11.0. The van der Waals surface area contributed by atoms with E-state index in [0.29, 0.717) is 23.7 Å². The number of aryl methyl sites for hydroxylation is 1. The van der Waals surface area contributed by atoms with Crippen LogP contribution in [0.2, 0.25) is 0 Å². The molecule has 1 N–H and O–H groups in total. The van der Waals surface area contributed by atoms with Crippen molar-refractivity contribution in [1.29, 1.82) is 0 Å². The number of nitrogens with zero attached hydrogens (tertiary/aromatic N) is 4. The molecule has 0 amide bonds. The van der Waals surface area contributed by atoms with Crippen molar-refractivity contribution < 1.29 is 9.84 Å². The fourth-order valence-electron chi connectivity index (χ4n) is 1.96. The molecule has 6 heteroatoms. The first kappa shape index (κ1) is 12.6. The van der Waals surface area contributed by atoms with E-state index in [2.05, 4.69) is 15.2 Å². The predicted octanol–water partition coefficient (Wildman–Crippen LogP) is 1.76. The molecule has 102 valence electrons.